The van der Waals surface area contributed by atoms with Crippen molar-refractivity contribution >= 4 is 61.8 Å². The summed E-state index contributed by atoms with van der Waals surface area (Å²) in [7, 11) is 4.13. The third-order valence-electron chi connectivity index (χ3n) is 3.16. The quantitative estimate of drug-likeness (QED) is 0.658. The molecule has 0 fully saturated rings. The predicted molar refractivity (Wildman–Crippen MR) is 100.0 cm³/mol. The maximum atomic E-state index is 6.22. The van der Waals surface area contributed by atoms with E-state index in [0.717, 1.165) is 39.6 Å². The number of hydrogen-bond acceptors (Lipinski definition) is 5. The van der Waals surface area contributed by atoms with E-state index in [1.54, 1.807) is 11.3 Å². The molecular formula is C15H15Cl2N3S2. The minimum Gasteiger partial charge on any atom is -0.384 e. The van der Waals surface area contributed by atoms with Crippen LogP contribution in [0, 0.1) is 0 Å². The summed E-state index contributed by atoms with van der Waals surface area (Å²) in [5.74, 6) is 0. The van der Waals surface area contributed by atoms with Crippen LogP contribution in [0.25, 0.3) is 20.8 Å². The number of halogens is 2. The maximum absolute atomic E-state index is 6.22. The number of rotatable bonds is 5. The number of fused-ring (bicyclic) bond motifs is 1. The Morgan fingerprint density at radius 1 is 1.18 bits per heavy atom. The summed E-state index contributed by atoms with van der Waals surface area (Å²) in [6, 6.07) is 8.13. The second-order valence-electron chi connectivity index (χ2n) is 5.17. The van der Waals surface area contributed by atoms with E-state index in [9.17, 15) is 0 Å². The number of thiazole rings is 1. The van der Waals surface area contributed by atoms with Gasteiger partial charge in [-0.3, -0.25) is 0 Å². The zero-order chi connectivity index (χ0) is 15.7. The largest absolute Gasteiger partial charge is 0.384 e. The molecule has 1 N–H and O–H groups in total. The van der Waals surface area contributed by atoms with E-state index in [2.05, 4.69) is 42.5 Å². The molecule has 7 heteroatoms. The van der Waals surface area contributed by atoms with Gasteiger partial charge in [0.1, 0.15) is 9.34 Å². The molecule has 0 saturated heterocycles. The molecule has 0 amide bonds. The van der Waals surface area contributed by atoms with Crippen molar-refractivity contribution in [2.24, 2.45) is 0 Å². The van der Waals surface area contributed by atoms with Crippen molar-refractivity contribution in [3.63, 3.8) is 0 Å². The molecule has 116 valence electrons. The molecule has 0 aliphatic carbocycles. The van der Waals surface area contributed by atoms with Gasteiger partial charge in [-0.2, -0.15) is 0 Å². The number of benzene rings is 1. The van der Waals surface area contributed by atoms with Crippen LogP contribution >= 0.6 is 45.9 Å². The van der Waals surface area contributed by atoms with Crippen LogP contribution in [0.2, 0.25) is 8.67 Å². The molecule has 0 unspecified atom stereocenters. The van der Waals surface area contributed by atoms with Gasteiger partial charge in [-0.05, 0) is 38.4 Å². The van der Waals surface area contributed by atoms with Gasteiger partial charge in [-0.1, -0.05) is 23.2 Å². The summed E-state index contributed by atoms with van der Waals surface area (Å²) in [4.78, 5) is 6.84. The number of anilines is 1. The van der Waals surface area contributed by atoms with Crippen molar-refractivity contribution in [1.82, 2.24) is 9.88 Å². The molecule has 0 radical (unpaired) electrons. The molecule has 3 aromatic rings. The van der Waals surface area contributed by atoms with Crippen molar-refractivity contribution in [3.05, 3.63) is 32.9 Å². The Bertz CT molecular complexity index is 795. The third kappa shape index (κ3) is 3.55. The lowest BCUT2D eigenvalue weighted by atomic mass is 10.3. The fraction of sp³-hybridized carbons (Fsp3) is 0.267. The fourth-order valence-corrected chi connectivity index (χ4v) is 4.62. The van der Waals surface area contributed by atoms with Crippen LogP contribution in [0.5, 0.6) is 0 Å². The summed E-state index contributed by atoms with van der Waals surface area (Å²) in [5, 5.41) is 4.32. The highest BCUT2D eigenvalue weighted by atomic mass is 35.5. The second-order valence-corrected chi connectivity index (χ2v) is 8.49. The highest BCUT2D eigenvalue weighted by Gasteiger charge is 2.13. The van der Waals surface area contributed by atoms with Gasteiger partial charge in [0, 0.05) is 24.3 Å². The molecule has 1 aromatic carbocycles. The van der Waals surface area contributed by atoms with E-state index < -0.39 is 0 Å². The molecule has 2 aromatic heterocycles. The van der Waals surface area contributed by atoms with Crippen LogP contribution in [0.4, 0.5) is 5.69 Å². The lowest BCUT2D eigenvalue weighted by Crippen LogP contribution is -2.20. The summed E-state index contributed by atoms with van der Waals surface area (Å²) in [5.41, 5.74) is 2.98. The smallest absolute Gasteiger partial charge is 0.127 e. The molecule has 0 atom stereocenters. The van der Waals surface area contributed by atoms with Gasteiger partial charge in [0.25, 0.3) is 0 Å². The van der Waals surface area contributed by atoms with Crippen LogP contribution in [-0.4, -0.2) is 37.1 Å². The van der Waals surface area contributed by atoms with Crippen molar-refractivity contribution in [1.29, 1.82) is 0 Å². The van der Waals surface area contributed by atoms with Crippen LogP contribution in [-0.2, 0) is 0 Å². The Kier molecular flexibility index (Phi) is 4.90. The molecule has 22 heavy (non-hydrogen) atoms. The average molecular weight is 372 g/mol. The Balaban J connectivity index is 1.85. The summed E-state index contributed by atoms with van der Waals surface area (Å²) in [6.07, 6.45) is 0. The summed E-state index contributed by atoms with van der Waals surface area (Å²) >= 11 is 15.2. The summed E-state index contributed by atoms with van der Waals surface area (Å²) < 4.78 is 2.52. The van der Waals surface area contributed by atoms with Crippen LogP contribution in [0.3, 0.4) is 0 Å². The van der Waals surface area contributed by atoms with Crippen molar-refractivity contribution in [2.75, 3.05) is 32.5 Å². The van der Waals surface area contributed by atoms with E-state index >= 15 is 0 Å². The Labute approximate surface area is 147 Å². The van der Waals surface area contributed by atoms with E-state index in [1.807, 2.05) is 6.07 Å². The van der Waals surface area contributed by atoms with E-state index in [-0.39, 0.29) is 0 Å². The molecule has 0 bridgehead atoms. The first kappa shape index (κ1) is 16.0. The number of likely N-dealkylation sites (N-methyl/N-ethyl adjacent to an activating group) is 1. The number of nitrogens with zero attached hydrogens (tertiary/aromatic N) is 2. The lowest BCUT2D eigenvalue weighted by molar-refractivity contribution is 0.425. The molecule has 0 aliphatic rings. The molecule has 3 rings (SSSR count). The normalized spacial score (nSPS) is 11.5. The van der Waals surface area contributed by atoms with Gasteiger partial charge < -0.3 is 10.2 Å². The predicted octanol–water partition coefficient (Wildman–Crippen LogP) is 5.31. The molecule has 0 spiro atoms. The Morgan fingerprint density at radius 3 is 2.68 bits per heavy atom. The highest BCUT2D eigenvalue weighted by Crippen LogP contribution is 2.41. The highest BCUT2D eigenvalue weighted by molar-refractivity contribution is 7.23. The van der Waals surface area contributed by atoms with Gasteiger partial charge in [0.05, 0.1) is 14.6 Å². The van der Waals surface area contributed by atoms with Gasteiger partial charge >= 0.3 is 0 Å². The van der Waals surface area contributed by atoms with E-state index in [1.165, 1.54) is 11.3 Å². The number of hydrogen-bond donors (Lipinski definition) is 1. The maximum Gasteiger partial charge on any atom is 0.127 e. The SMILES string of the molecule is CN(C)CCNc1ccc2sc(-c3cc(Cl)sc3Cl)nc2c1. The van der Waals surface area contributed by atoms with Gasteiger partial charge in [-0.15, -0.1) is 22.7 Å². The van der Waals surface area contributed by atoms with Gasteiger partial charge in [0.15, 0.2) is 0 Å². The van der Waals surface area contributed by atoms with Crippen LogP contribution in [0.15, 0.2) is 24.3 Å². The minimum absolute atomic E-state index is 0.685. The number of aromatic nitrogens is 1. The first-order valence-corrected chi connectivity index (χ1v) is 9.16. The van der Waals surface area contributed by atoms with E-state index in [0.29, 0.717) is 8.67 Å². The Morgan fingerprint density at radius 2 is 2.00 bits per heavy atom. The molecular weight excluding hydrogens is 357 g/mol. The molecule has 2 heterocycles. The minimum atomic E-state index is 0.685. The second kappa shape index (κ2) is 6.72. The number of thiophene rings is 1. The third-order valence-corrected chi connectivity index (χ3v) is 5.72. The zero-order valence-corrected chi connectivity index (χ0v) is 15.3. The molecule has 0 aliphatic heterocycles. The van der Waals surface area contributed by atoms with Crippen LogP contribution < -0.4 is 5.32 Å². The topological polar surface area (TPSA) is 28.2 Å². The summed E-state index contributed by atoms with van der Waals surface area (Å²) in [6.45, 7) is 1.89. The first-order chi connectivity index (χ1) is 10.5. The molecule has 0 saturated carbocycles. The van der Waals surface area contributed by atoms with Crippen molar-refractivity contribution < 1.29 is 0 Å². The van der Waals surface area contributed by atoms with Gasteiger partial charge in [-0.25, -0.2) is 4.98 Å². The average Bonchev–Trinajstić information content (AvgIpc) is 3.00. The monoisotopic (exact) mass is 371 g/mol. The van der Waals surface area contributed by atoms with Crippen molar-refractivity contribution in [2.45, 2.75) is 0 Å². The zero-order valence-electron chi connectivity index (χ0n) is 12.2. The lowest BCUT2D eigenvalue weighted by Gasteiger charge is -2.11. The number of nitrogens with one attached hydrogen (secondary N) is 1. The van der Waals surface area contributed by atoms with Crippen LogP contribution in [0.1, 0.15) is 0 Å². The Hall–Kier alpha value is -0.850. The van der Waals surface area contributed by atoms with E-state index in [4.69, 9.17) is 28.2 Å². The van der Waals surface area contributed by atoms with Gasteiger partial charge in [0.2, 0.25) is 0 Å². The first-order valence-electron chi connectivity index (χ1n) is 6.77. The molecule has 3 nitrogen and oxygen atoms in total. The van der Waals surface area contributed by atoms with Crippen molar-refractivity contribution in [3.8, 4) is 10.6 Å². The standard InChI is InChI=1S/C15H15Cl2N3S2/c1-20(2)6-5-18-9-3-4-12-11(7-9)19-15(21-12)10-8-13(16)22-14(10)17/h3-4,7-8,18H,5-6H2,1-2H3. The fourth-order valence-electron chi connectivity index (χ4n) is 2.06.